The summed E-state index contributed by atoms with van der Waals surface area (Å²) in [4.78, 5) is 14.6. The Morgan fingerprint density at radius 1 is 1.38 bits per heavy atom. The first kappa shape index (κ1) is 15.8. The highest BCUT2D eigenvalue weighted by atomic mass is 16.5. The molecule has 0 spiro atoms. The number of benzene rings is 1. The monoisotopic (exact) mass is 291 g/mol. The number of hydrogen-bond acceptors (Lipinski definition) is 4. The molecule has 1 aromatic rings. The van der Waals surface area contributed by atoms with Crippen molar-refractivity contribution in [3.05, 3.63) is 29.3 Å². The highest BCUT2D eigenvalue weighted by Crippen LogP contribution is 2.15. The minimum Gasteiger partial charge on any atom is -0.388 e. The zero-order valence-electron chi connectivity index (χ0n) is 13.1. The van der Waals surface area contributed by atoms with Crippen LogP contribution >= 0.6 is 0 Å². The second-order valence-electron chi connectivity index (χ2n) is 5.57. The van der Waals surface area contributed by atoms with Crippen molar-refractivity contribution in [3.8, 4) is 0 Å². The van der Waals surface area contributed by atoms with Gasteiger partial charge in [0.1, 0.15) is 0 Å². The van der Waals surface area contributed by atoms with Gasteiger partial charge in [-0.2, -0.15) is 0 Å². The van der Waals surface area contributed by atoms with Crippen LogP contribution in [0, 0.1) is 6.92 Å². The fourth-order valence-corrected chi connectivity index (χ4v) is 2.61. The lowest BCUT2D eigenvalue weighted by atomic mass is 10.1. The van der Waals surface area contributed by atoms with Gasteiger partial charge in [-0.25, -0.2) is 0 Å². The number of nitrogens with zero attached hydrogens (tertiary/aromatic N) is 1. The van der Waals surface area contributed by atoms with Crippen molar-refractivity contribution < 1.29 is 9.53 Å². The number of aryl methyl sites for hydroxylation is 1. The molecule has 1 aliphatic heterocycles. The Kier molecular flexibility index (Phi) is 5.59. The zero-order chi connectivity index (χ0) is 15.2. The molecule has 0 saturated carbocycles. The molecule has 2 rings (SSSR count). The second-order valence-corrected chi connectivity index (χ2v) is 5.57. The average molecular weight is 291 g/mol. The number of carbonyl (C=O) groups is 1. The first-order valence-electron chi connectivity index (χ1n) is 7.49. The standard InChI is InChI=1S/C16H25N3O2/c1-12-10-14(4-5-15(12)17-3)16(20)18-13(2)11-19-6-8-21-9-7-19/h4-5,10,13,17H,6-9,11H2,1-3H3,(H,18,20). The number of hydrogen-bond donors (Lipinski definition) is 2. The molecule has 1 aliphatic rings. The van der Waals surface area contributed by atoms with E-state index in [1.165, 1.54) is 0 Å². The molecule has 1 amide bonds. The van der Waals surface area contributed by atoms with E-state index < -0.39 is 0 Å². The summed E-state index contributed by atoms with van der Waals surface area (Å²) >= 11 is 0. The van der Waals surface area contributed by atoms with E-state index in [1.807, 2.05) is 39.1 Å². The smallest absolute Gasteiger partial charge is 0.251 e. The van der Waals surface area contributed by atoms with E-state index in [4.69, 9.17) is 4.74 Å². The number of morpholine rings is 1. The second kappa shape index (κ2) is 7.43. The van der Waals surface area contributed by atoms with Gasteiger partial charge in [-0.05, 0) is 37.6 Å². The van der Waals surface area contributed by atoms with Crippen LogP contribution in [-0.4, -0.2) is 56.7 Å². The van der Waals surface area contributed by atoms with E-state index in [-0.39, 0.29) is 11.9 Å². The van der Waals surface area contributed by atoms with Crippen LogP contribution < -0.4 is 10.6 Å². The van der Waals surface area contributed by atoms with Gasteiger partial charge in [0, 0.05) is 44.0 Å². The predicted molar refractivity (Wildman–Crippen MR) is 84.9 cm³/mol. The van der Waals surface area contributed by atoms with E-state index in [9.17, 15) is 4.79 Å². The molecule has 5 nitrogen and oxygen atoms in total. The Hall–Kier alpha value is -1.59. The number of nitrogens with one attached hydrogen (secondary N) is 2. The van der Waals surface area contributed by atoms with Crippen molar-refractivity contribution in [2.45, 2.75) is 19.9 Å². The molecule has 21 heavy (non-hydrogen) atoms. The molecule has 0 bridgehead atoms. The molecule has 1 saturated heterocycles. The molecule has 0 aromatic heterocycles. The van der Waals surface area contributed by atoms with Crippen LogP contribution in [0.15, 0.2) is 18.2 Å². The van der Waals surface area contributed by atoms with Gasteiger partial charge >= 0.3 is 0 Å². The Morgan fingerprint density at radius 2 is 2.10 bits per heavy atom. The highest BCUT2D eigenvalue weighted by molar-refractivity contribution is 5.95. The van der Waals surface area contributed by atoms with Gasteiger partial charge in [-0.15, -0.1) is 0 Å². The summed E-state index contributed by atoms with van der Waals surface area (Å²) in [6.45, 7) is 8.35. The number of ether oxygens (including phenoxy) is 1. The van der Waals surface area contributed by atoms with Gasteiger partial charge in [0.2, 0.25) is 0 Å². The minimum absolute atomic E-state index is 0.0125. The molecule has 5 heteroatoms. The Labute approximate surface area is 126 Å². The van der Waals surface area contributed by atoms with E-state index in [0.717, 1.165) is 44.1 Å². The van der Waals surface area contributed by atoms with Gasteiger partial charge in [-0.1, -0.05) is 0 Å². The third kappa shape index (κ3) is 4.44. The Bertz CT molecular complexity index is 484. The molecule has 1 fully saturated rings. The summed E-state index contributed by atoms with van der Waals surface area (Å²) in [7, 11) is 1.88. The van der Waals surface area contributed by atoms with Gasteiger partial charge in [-0.3, -0.25) is 9.69 Å². The topological polar surface area (TPSA) is 53.6 Å². The van der Waals surface area contributed by atoms with Crippen molar-refractivity contribution >= 4 is 11.6 Å². The summed E-state index contributed by atoms with van der Waals surface area (Å²) in [6, 6.07) is 5.84. The molecular weight excluding hydrogens is 266 g/mol. The quantitative estimate of drug-likeness (QED) is 0.863. The number of carbonyl (C=O) groups excluding carboxylic acids is 1. The van der Waals surface area contributed by atoms with Crippen molar-refractivity contribution in [1.29, 1.82) is 0 Å². The van der Waals surface area contributed by atoms with Crippen LogP contribution in [0.25, 0.3) is 0 Å². The van der Waals surface area contributed by atoms with Gasteiger partial charge < -0.3 is 15.4 Å². The average Bonchev–Trinajstić information content (AvgIpc) is 2.48. The van der Waals surface area contributed by atoms with E-state index in [2.05, 4.69) is 15.5 Å². The van der Waals surface area contributed by atoms with Crippen LogP contribution in [0.2, 0.25) is 0 Å². The molecular formula is C16H25N3O2. The predicted octanol–water partition coefficient (Wildman–Crippen LogP) is 1.49. The highest BCUT2D eigenvalue weighted by Gasteiger charge is 2.16. The van der Waals surface area contributed by atoms with Crippen molar-refractivity contribution in [1.82, 2.24) is 10.2 Å². The van der Waals surface area contributed by atoms with Gasteiger partial charge in [0.15, 0.2) is 0 Å². The number of amides is 1. The van der Waals surface area contributed by atoms with Gasteiger partial charge in [0.25, 0.3) is 5.91 Å². The lowest BCUT2D eigenvalue weighted by molar-refractivity contribution is 0.0342. The third-order valence-corrected chi connectivity index (χ3v) is 3.77. The molecule has 2 N–H and O–H groups in total. The molecule has 1 unspecified atom stereocenters. The first-order valence-corrected chi connectivity index (χ1v) is 7.49. The molecule has 0 aliphatic carbocycles. The fraction of sp³-hybridized carbons (Fsp3) is 0.562. The Balaban J connectivity index is 1.89. The molecule has 1 aromatic carbocycles. The van der Waals surface area contributed by atoms with Crippen LogP contribution in [-0.2, 0) is 4.74 Å². The summed E-state index contributed by atoms with van der Waals surface area (Å²) in [5.74, 6) is -0.0125. The van der Waals surface area contributed by atoms with Crippen LogP contribution in [0.5, 0.6) is 0 Å². The van der Waals surface area contributed by atoms with Crippen molar-refractivity contribution in [2.24, 2.45) is 0 Å². The Morgan fingerprint density at radius 3 is 2.71 bits per heavy atom. The third-order valence-electron chi connectivity index (χ3n) is 3.77. The summed E-state index contributed by atoms with van der Waals surface area (Å²) in [6.07, 6.45) is 0. The van der Waals surface area contributed by atoms with Crippen LogP contribution in [0.3, 0.4) is 0 Å². The molecule has 1 atom stereocenters. The zero-order valence-corrected chi connectivity index (χ0v) is 13.1. The lowest BCUT2D eigenvalue weighted by Crippen LogP contribution is -2.46. The minimum atomic E-state index is -0.0125. The molecule has 1 heterocycles. The number of rotatable bonds is 5. The first-order chi connectivity index (χ1) is 10.1. The molecule has 116 valence electrons. The maximum Gasteiger partial charge on any atom is 0.251 e. The SMILES string of the molecule is CNc1ccc(C(=O)NC(C)CN2CCOCC2)cc1C. The summed E-state index contributed by atoms with van der Waals surface area (Å²) in [5.41, 5.74) is 2.83. The fourth-order valence-electron chi connectivity index (χ4n) is 2.61. The van der Waals surface area contributed by atoms with E-state index >= 15 is 0 Å². The molecule has 0 radical (unpaired) electrons. The van der Waals surface area contributed by atoms with E-state index in [1.54, 1.807) is 0 Å². The summed E-state index contributed by atoms with van der Waals surface area (Å²) in [5, 5.41) is 6.17. The van der Waals surface area contributed by atoms with E-state index in [0.29, 0.717) is 5.56 Å². The lowest BCUT2D eigenvalue weighted by Gasteiger charge is -2.29. The van der Waals surface area contributed by atoms with Crippen LogP contribution in [0.4, 0.5) is 5.69 Å². The maximum absolute atomic E-state index is 12.3. The van der Waals surface area contributed by atoms with Gasteiger partial charge in [0.05, 0.1) is 13.2 Å². The van der Waals surface area contributed by atoms with Crippen molar-refractivity contribution in [2.75, 3.05) is 45.2 Å². The normalized spacial score (nSPS) is 17.3. The van der Waals surface area contributed by atoms with Crippen molar-refractivity contribution in [3.63, 3.8) is 0 Å². The maximum atomic E-state index is 12.3. The van der Waals surface area contributed by atoms with Crippen LogP contribution in [0.1, 0.15) is 22.8 Å². The largest absolute Gasteiger partial charge is 0.388 e. The number of anilines is 1. The summed E-state index contributed by atoms with van der Waals surface area (Å²) < 4.78 is 5.33.